The molecule has 1 spiro atoms. The number of carboxylic acid groups (broad SMARTS) is 1. The molecule has 2 radical (unpaired) electrons. The van der Waals surface area contributed by atoms with E-state index in [1.807, 2.05) is 24.1 Å². The molecule has 0 aliphatic carbocycles. The lowest BCUT2D eigenvalue weighted by Crippen LogP contribution is -2.41. The third-order valence-electron chi connectivity index (χ3n) is 4.24. The van der Waals surface area contributed by atoms with Gasteiger partial charge in [0.25, 0.3) is 0 Å². The average Bonchev–Trinajstić information content (AvgIpc) is 2.97. The van der Waals surface area contributed by atoms with Gasteiger partial charge in [-0.2, -0.15) is 12.6 Å². The zero-order chi connectivity index (χ0) is 16.6. The van der Waals surface area contributed by atoms with E-state index in [0.29, 0.717) is 27.4 Å². The largest absolute Gasteiger partial charge is 0.507 e. The van der Waals surface area contributed by atoms with Crippen LogP contribution in [0.2, 0.25) is 5.54 Å². The number of phenolic OH excluding ortho intramolecular Hbond substituents is 1. The van der Waals surface area contributed by atoms with Crippen molar-refractivity contribution in [1.82, 2.24) is 4.90 Å². The molecule has 0 amide bonds. The molecule has 1 fully saturated rings. The summed E-state index contributed by atoms with van der Waals surface area (Å²) in [5.74, 6) is 0.636. The first-order valence-corrected chi connectivity index (χ1v) is 9.99. The maximum absolute atomic E-state index is 11.2. The van der Waals surface area contributed by atoms with Gasteiger partial charge in [-0.3, -0.25) is 14.7 Å². The molecule has 1 aromatic rings. The number of phenols is 1. The van der Waals surface area contributed by atoms with E-state index in [4.69, 9.17) is 4.99 Å². The summed E-state index contributed by atoms with van der Waals surface area (Å²) in [6, 6.07) is 6.70. The van der Waals surface area contributed by atoms with Crippen LogP contribution in [0, 0.1) is 0 Å². The molecule has 23 heavy (non-hydrogen) atoms. The topological polar surface area (TPSA) is 73.1 Å². The van der Waals surface area contributed by atoms with Gasteiger partial charge in [-0.25, -0.2) is 0 Å². The van der Waals surface area contributed by atoms with E-state index in [2.05, 4.69) is 12.6 Å². The standard InChI is InChI=1S/C15H18N2O3S2Si/c1-17(10(7-21)14(19)20)6-12-15(23-12)8-22-13(16-15)9-4-2-3-5-11(9)18/h2-5,10,12,18,21H,6-8H2,1H3,(H,19,20)/t10-,12?,15-/m1/s1. The number of carboxylic acids is 1. The van der Waals surface area contributed by atoms with Crippen LogP contribution in [-0.2, 0) is 4.79 Å². The SMILES string of the molecule is CN(CC1[Si][C@]12CSC(c1ccccc1O)=N2)[C@H](CS)C(=O)O. The van der Waals surface area contributed by atoms with Crippen LogP contribution < -0.4 is 0 Å². The summed E-state index contributed by atoms with van der Waals surface area (Å²) >= 11 is 5.81. The zero-order valence-corrected chi connectivity index (χ0v) is 15.3. The summed E-state index contributed by atoms with van der Waals surface area (Å²) in [5.41, 5.74) is 1.18. The lowest BCUT2D eigenvalue weighted by molar-refractivity contribution is -0.141. The van der Waals surface area contributed by atoms with Gasteiger partial charge in [0.05, 0.1) is 14.7 Å². The highest BCUT2D eigenvalue weighted by atomic mass is 32.2. The number of benzene rings is 1. The van der Waals surface area contributed by atoms with Crippen LogP contribution in [0.3, 0.4) is 0 Å². The number of thiol groups is 1. The molecule has 0 aromatic heterocycles. The Bertz CT molecular complexity index is 657. The van der Waals surface area contributed by atoms with Crippen LogP contribution in [0.5, 0.6) is 5.75 Å². The van der Waals surface area contributed by atoms with Crippen LogP contribution in [0.4, 0.5) is 0 Å². The monoisotopic (exact) mass is 366 g/mol. The molecule has 0 bridgehead atoms. The second-order valence-corrected chi connectivity index (χ2v) is 9.00. The van der Waals surface area contributed by atoms with Crippen molar-refractivity contribution in [3.63, 3.8) is 0 Å². The number of nitrogens with zero attached hydrogens (tertiary/aromatic N) is 2. The molecule has 8 heteroatoms. The number of aliphatic imine (C=N–C) groups is 1. The second-order valence-electron chi connectivity index (χ2n) is 5.82. The number of hydrogen-bond acceptors (Lipinski definition) is 6. The van der Waals surface area contributed by atoms with Gasteiger partial charge in [0.2, 0.25) is 0 Å². The number of aliphatic carboxylic acids is 1. The molecule has 2 N–H and O–H groups in total. The van der Waals surface area contributed by atoms with Crippen molar-refractivity contribution in [2.75, 3.05) is 25.1 Å². The van der Waals surface area contributed by atoms with Crippen molar-refractivity contribution in [3.05, 3.63) is 29.8 Å². The number of likely N-dealkylation sites (N-methyl/N-ethyl adjacent to an activating group) is 1. The molecule has 0 saturated carbocycles. The lowest BCUT2D eigenvalue weighted by Gasteiger charge is -2.23. The molecular formula is C15H18N2O3S2Si. The van der Waals surface area contributed by atoms with Crippen LogP contribution in [0.25, 0.3) is 0 Å². The first kappa shape index (κ1) is 16.9. The highest BCUT2D eigenvalue weighted by molar-refractivity contribution is 8.14. The highest BCUT2D eigenvalue weighted by Crippen LogP contribution is 2.51. The fourth-order valence-corrected chi connectivity index (χ4v) is 6.47. The fraction of sp³-hybridized carbons (Fsp3) is 0.467. The minimum atomic E-state index is -0.834. The molecule has 2 aliphatic rings. The molecule has 122 valence electrons. The van der Waals surface area contributed by atoms with Gasteiger partial charge in [-0.15, -0.1) is 11.8 Å². The lowest BCUT2D eigenvalue weighted by atomic mass is 10.2. The predicted molar refractivity (Wildman–Crippen MR) is 97.2 cm³/mol. The molecule has 2 aliphatic heterocycles. The number of thioether (sulfide) groups is 1. The van der Waals surface area contributed by atoms with E-state index >= 15 is 0 Å². The van der Waals surface area contributed by atoms with Crippen LogP contribution in [-0.4, -0.2) is 71.9 Å². The summed E-state index contributed by atoms with van der Waals surface area (Å²) in [6.45, 7) is 0.716. The number of hydrogen-bond donors (Lipinski definition) is 3. The van der Waals surface area contributed by atoms with Gasteiger partial charge in [-0.05, 0) is 24.7 Å². The Balaban J connectivity index is 1.68. The van der Waals surface area contributed by atoms with Crippen LogP contribution in [0.15, 0.2) is 29.3 Å². The van der Waals surface area contributed by atoms with Gasteiger partial charge >= 0.3 is 5.97 Å². The predicted octanol–water partition coefficient (Wildman–Crippen LogP) is 1.40. The first-order valence-electron chi connectivity index (χ1n) is 7.29. The maximum Gasteiger partial charge on any atom is 0.321 e. The Morgan fingerprint density at radius 1 is 1.61 bits per heavy atom. The second kappa shape index (κ2) is 6.50. The Kier molecular flexibility index (Phi) is 4.77. The summed E-state index contributed by atoms with van der Waals surface area (Å²) in [6.07, 6.45) is 0. The van der Waals surface area contributed by atoms with Gasteiger partial charge < -0.3 is 10.2 Å². The first-order chi connectivity index (χ1) is 11.0. The summed E-state index contributed by atoms with van der Waals surface area (Å²) in [5, 5.41) is 20.0. The molecule has 2 heterocycles. The van der Waals surface area contributed by atoms with Crippen molar-refractivity contribution in [3.8, 4) is 5.75 Å². The van der Waals surface area contributed by atoms with E-state index < -0.39 is 12.0 Å². The molecule has 3 atom stereocenters. The smallest absolute Gasteiger partial charge is 0.321 e. The zero-order valence-electron chi connectivity index (χ0n) is 12.6. The number of para-hydroxylation sites is 1. The number of rotatable bonds is 6. The van der Waals surface area contributed by atoms with Crippen molar-refractivity contribution in [2.24, 2.45) is 4.99 Å². The molecule has 1 saturated heterocycles. The van der Waals surface area contributed by atoms with Crippen LogP contribution in [0.1, 0.15) is 5.56 Å². The Hall–Kier alpha value is -0.963. The minimum Gasteiger partial charge on any atom is -0.507 e. The van der Waals surface area contributed by atoms with Gasteiger partial charge in [-0.1, -0.05) is 12.1 Å². The van der Waals surface area contributed by atoms with E-state index in [-0.39, 0.29) is 10.9 Å². The minimum absolute atomic E-state index is 0.0593. The summed E-state index contributed by atoms with van der Waals surface area (Å²) in [4.78, 5) is 17.9. The summed E-state index contributed by atoms with van der Waals surface area (Å²) in [7, 11) is 2.54. The Labute approximate surface area is 147 Å². The third kappa shape index (κ3) is 3.30. The van der Waals surface area contributed by atoms with Crippen LogP contribution >= 0.6 is 24.4 Å². The van der Waals surface area contributed by atoms with Crippen molar-refractivity contribution < 1.29 is 15.0 Å². The van der Waals surface area contributed by atoms with Gasteiger partial charge in [0.15, 0.2) is 0 Å². The molecular weight excluding hydrogens is 348 g/mol. The maximum atomic E-state index is 11.2. The van der Waals surface area contributed by atoms with Crippen molar-refractivity contribution in [2.45, 2.75) is 16.7 Å². The number of carbonyl (C=O) groups is 1. The van der Waals surface area contributed by atoms with Crippen molar-refractivity contribution >= 4 is 44.9 Å². The Morgan fingerprint density at radius 2 is 2.35 bits per heavy atom. The molecule has 1 unspecified atom stereocenters. The Morgan fingerprint density at radius 3 is 3.00 bits per heavy atom. The molecule has 1 aromatic carbocycles. The normalized spacial score (nSPS) is 27.3. The quantitative estimate of drug-likeness (QED) is 0.524. The fourth-order valence-electron chi connectivity index (χ4n) is 2.75. The van der Waals surface area contributed by atoms with E-state index in [1.54, 1.807) is 23.9 Å². The molecule has 5 nitrogen and oxygen atoms in total. The van der Waals surface area contributed by atoms with E-state index in [1.165, 1.54) is 0 Å². The van der Waals surface area contributed by atoms with Gasteiger partial charge in [0, 0.05) is 23.6 Å². The highest BCUT2D eigenvalue weighted by Gasteiger charge is 2.58. The number of aromatic hydroxyl groups is 1. The average molecular weight is 367 g/mol. The van der Waals surface area contributed by atoms with Crippen molar-refractivity contribution in [1.29, 1.82) is 0 Å². The third-order valence-corrected chi connectivity index (χ3v) is 7.85. The molecule has 3 rings (SSSR count). The van der Waals surface area contributed by atoms with E-state index in [0.717, 1.165) is 16.4 Å². The van der Waals surface area contributed by atoms with Gasteiger partial charge in [0.1, 0.15) is 16.8 Å². The summed E-state index contributed by atoms with van der Waals surface area (Å²) < 4.78 is 0. The van der Waals surface area contributed by atoms with E-state index in [9.17, 15) is 15.0 Å².